The Labute approximate surface area is 162 Å². The second-order valence-electron chi connectivity index (χ2n) is 6.13. The summed E-state index contributed by atoms with van der Waals surface area (Å²) in [6, 6.07) is 5.58. The molecular formula is C18H15ClF4N4O. The number of pyridine rings is 1. The highest BCUT2D eigenvalue weighted by molar-refractivity contribution is 6.34. The van der Waals surface area contributed by atoms with E-state index in [-0.39, 0.29) is 24.5 Å². The molecule has 1 aliphatic heterocycles. The van der Waals surface area contributed by atoms with Gasteiger partial charge >= 0.3 is 6.18 Å². The Balaban J connectivity index is 1.78. The predicted octanol–water partition coefficient (Wildman–Crippen LogP) is 4.02. The molecular weight excluding hydrogens is 400 g/mol. The molecule has 2 heterocycles. The van der Waals surface area contributed by atoms with E-state index < -0.39 is 28.5 Å². The summed E-state index contributed by atoms with van der Waals surface area (Å²) >= 11 is 5.83. The molecule has 0 spiro atoms. The Hall–Kier alpha value is -2.81. The molecule has 1 aromatic heterocycles. The van der Waals surface area contributed by atoms with Gasteiger partial charge in [0.1, 0.15) is 11.6 Å². The minimum Gasteiger partial charge on any atom is -0.399 e. The van der Waals surface area contributed by atoms with Gasteiger partial charge in [-0.3, -0.25) is 4.79 Å². The first kappa shape index (κ1) is 19.9. The Bertz CT molecular complexity index is 945. The van der Waals surface area contributed by atoms with Crippen molar-refractivity contribution in [3.63, 3.8) is 0 Å². The van der Waals surface area contributed by atoms with Crippen LogP contribution >= 0.6 is 11.6 Å². The molecule has 1 amide bonds. The second-order valence-corrected chi connectivity index (χ2v) is 6.51. The second kappa shape index (κ2) is 7.67. The Kier molecular flexibility index (Phi) is 5.46. The van der Waals surface area contributed by atoms with E-state index in [9.17, 15) is 22.4 Å². The van der Waals surface area contributed by atoms with Gasteiger partial charge < -0.3 is 16.0 Å². The van der Waals surface area contributed by atoms with E-state index in [0.717, 1.165) is 12.1 Å². The van der Waals surface area contributed by atoms with Crippen molar-refractivity contribution in [1.82, 2.24) is 9.88 Å². The van der Waals surface area contributed by atoms with Crippen molar-refractivity contribution in [2.24, 2.45) is 5.73 Å². The number of rotatable bonds is 3. The minimum absolute atomic E-state index is 0.0109. The van der Waals surface area contributed by atoms with Crippen LogP contribution in [0.4, 0.5) is 23.4 Å². The predicted molar refractivity (Wildman–Crippen MR) is 96.0 cm³/mol. The summed E-state index contributed by atoms with van der Waals surface area (Å²) < 4.78 is 52.3. The van der Waals surface area contributed by atoms with E-state index in [1.165, 1.54) is 29.3 Å². The SMILES string of the molecule is NC1=C(Nc2cc(F)ccn2)CCN(C(=O)c2cccc(C(F)(F)F)c2Cl)C1. The number of carbonyl (C=O) groups is 1. The molecule has 28 heavy (non-hydrogen) atoms. The molecule has 5 nitrogen and oxygen atoms in total. The number of halogens is 5. The van der Waals surface area contributed by atoms with Crippen LogP contribution in [0, 0.1) is 5.82 Å². The molecule has 0 fully saturated rings. The van der Waals surface area contributed by atoms with Gasteiger partial charge in [0.15, 0.2) is 0 Å². The van der Waals surface area contributed by atoms with E-state index in [4.69, 9.17) is 17.3 Å². The Morgan fingerprint density at radius 3 is 2.68 bits per heavy atom. The monoisotopic (exact) mass is 414 g/mol. The lowest BCUT2D eigenvalue weighted by Gasteiger charge is -2.30. The molecule has 3 rings (SSSR count). The normalized spacial score (nSPS) is 15.0. The molecule has 1 aliphatic rings. The third kappa shape index (κ3) is 4.19. The van der Waals surface area contributed by atoms with Gasteiger partial charge in [-0.15, -0.1) is 0 Å². The molecule has 1 aromatic carbocycles. The zero-order valence-electron chi connectivity index (χ0n) is 14.4. The number of nitrogens with two attached hydrogens (primary N) is 1. The van der Waals surface area contributed by atoms with Crippen LogP contribution in [0.2, 0.25) is 5.02 Å². The number of hydrogen-bond acceptors (Lipinski definition) is 4. The number of benzene rings is 1. The van der Waals surface area contributed by atoms with E-state index >= 15 is 0 Å². The fourth-order valence-corrected chi connectivity index (χ4v) is 3.13. The topological polar surface area (TPSA) is 71.2 Å². The van der Waals surface area contributed by atoms with Crippen molar-refractivity contribution in [1.29, 1.82) is 0 Å². The Morgan fingerprint density at radius 1 is 1.29 bits per heavy atom. The zero-order chi connectivity index (χ0) is 20.5. The van der Waals surface area contributed by atoms with Crippen LogP contribution < -0.4 is 11.1 Å². The fraction of sp³-hybridized carbons (Fsp3) is 0.222. The highest BCUT2D eigenvalue weighted by Crippen LogP contribution is 2.36. The van der Waals surface area contributed by atoms with Crippen molar-refractivity contribution >= 4 is 23.3 Å². The quantitative estimate of drug-likeness (QED) is 0.744. The molecule has 0 saturated heterocycles. The maximum atomic E-state index is 13.3. The summed E-state index contributed by atoms with van der Waals surface area (Å²) in [7, 11) is 0. The van der Waals surface area contributed by atoms with Crippen LogP contribution in [0.25, 0.3) is 0 Å². The molecule has 148 valence electrons. The number of aromatic nitrogens is 1. The Morgan fingerprint density at radius 2 is 2.04 bits per heavy atom. The van der Waals surface area contributed by atoms with Crippen LogP contribution in [-0.4, -0.2) is 28.9 Å². The number of anilines is 1. The van der Waals surface area contributed by atoms with Crippen LogP contribution in [0.3, 0.4) is 0 Å². The molecule has 3 N–H and O–H groups in total. The number of amides is 1. The number of nitrogens with one attached hydrogen (secondary N) is 1. The average Bonchev–Trinajstić information content (AvgIpc) is 2.62. The van der Waals surface area contributed by atoms with Gasteiger partial charge in [-0.1, -0.05) is 17.7 Å². The molecule has 0 atom stereocenters. The molecule has 0 radical (unpaired) electrons. The largest absolute Gasteiger partial charge is 0.417 e. The van der Waals surface area contributed by atoms with Gasteiger partial charge in [-0.25, -0.2) is 9.37 Å². The molecule has 0 saturated carbocycles. The van der Waals surface area contributed by atoms with Gasteiger partial charge in [-0.05, 0) is 18.2 Å². The number of hydrogen-bond donors (Lipinski definition) is 2. The van der Waals surface area contributed by atoms with E-state index in [0.29, 0.717) is 17.8 Å². The number of carbonyl (C=O) groups excluding carboxylic acids is 1. The summed E-state index contributed by atoms with van der Waals surface area (Å²) in [5.41, 5.74) is 5.55. The number of alkyl halides is 3. The van der Waals surface area contributed by atoms with Crippen molar-refractivity contribution in [3.05, 3.63) is 69.9 Å². The van der Waals surface area contributed by atoms with Crippen LogP contribution in [0.15, 0.2) is 47.9 Å². The summed E-state index contributed by atoms with van der Waals surface area (Å²) in [6.45, 7) is 0.187. The molecule has 0 unspecified atom stereocenters. The standard InChI is InChI=1S/C18H15ClF4N4O/c19-16-11(2-1-3-12(16)18(21,22)23)17(28)27-7-5-14(13(24)9-27)26-15-8-10(20)4-6-25-15/h1-4,6,8H,5,7,9,24H2,(H,25,26). The lowest BCUT2D eigenvalue weighted by atomic mass is 10.1. The van der Waals surface area contributed by atoms with Gasteiger partial charge in [0.05, 0.1) is 22.7 Å². The van der Waals surface area contributed by atoms with Crippen molar-refractivity contribution < 1.29 is 22.4 Å². The highest BCUT2D eigenvalue weighted by atomic mass is 35.5. The molecule has 0 bridgehead atoms. The smallest absolute Gasteiger partial charge is 0.399 e. The van der Waals surface area contributed by atoms with Crippen LogP contribution in [-0.2, 0) is 6.18 Å². The van der Waals surface area contributed by atoms with Gasteiger partial charge in [0.25, 0.3) is 5.91 Å². The summed E-state index contributed by atoms with van der Waals surface area (Å²) in [4.78, 5) is 17.9. The van der Waals surface area contributed by atoms with E-state index in [1.54, 1.807) is 0 Å². The first-order valence-corrected chi connectivity index (χ1v) is 8.55. The van der Waals surface area contributed by atoms with Gasteiger partial charge in [0.2, 0.25) is 0 Å². The first-order valence-electron chi connectivity index (χ1n) is 8.18. The van der Waals surface area contributed by atoms with Gasteiger partial charge in [0, 0.05) is 36.6 Å². The summed E-state index contributed by atoms with van der Waals surface area (Å²) in [5.74, 6) is -0.857. The van der Waals surface area contributed by atoms with Gasteiger partial charge in [-0.2, -0.15) is 13.2 Å². The third-order valence-corrected chi connectivity index (χ3v) is 4.61. The van der Waals surface area contributed by atoms with E-state index in [2.05, 4.69) is 10.3 Å². The lowest BCUT2D eigenvalue weighted by Crippen LogP contribution is -2.40. The maximum absolute atomic E-state index is 13.3. The minimum atomic E-state index is -4.66. The maximum Gasteiger partial charge on any atom is 0.417 e. The zero-order valence-corrected chi connectivity index (χ0v) is 15.1. The molecule has 2 aromatic rings. The van der Waals surface area contributed by atoms with Crippen LogP contribution in [0.5, 0.6) is 0 Å². The molecule has 0 aliphatic carbocycles. The summed E-state index contributed by atoms with van der Waals surface area (Å²) in [6.07, 6.45) is -3.07. The van der Waals surface area contributed by atoms with Crippen molar-refractivity contribution in [3.8, 4) is 0 Å². The molecule has 10 heteroatoms. The lowest BCUT2D eigenvalue weighted by molar-refractivity contribution is -0.137. The highest BCUT2D eigenvalue weighted by Gasteiger charge is 2.35. The van der Waals surface area contributed by atoms with Crippen LogP contribution in [0.1, 0.15) is 22.3 Å². The fourth-order valence-electron chi connectivity index (χ4n) is 2.82. The average molecular weight is 415 g/mol. The van der Waals surface area contributed by atoms with E-state index in [1.807, 2.05) is 0 Å². The number of nitrogens with zero attached hydrogens (tertiary/aromatic N) is 2. The first-order chi connectivity index (χ1) is 13.2. The summed E-state index contributed by atoms with van der Waals surface area (Å²) in [5, 5.41) is 2.26. The van der Waals surface area contributed by atoms with Crippen molar-refractivity contribution in [2.75, 3.05) is 18.4 Å². The third-order valence-electron chi connectivity index (χ3n) is 4.20. The van der Waals surface area contributed by atoms with Crippen molar-refractivity contribution in [2.45, 2.75) is 12.6 Å².